The average Bonchev–Trinajstić information content (AvgIpc) is 2.52. The smallest absolute Gasteiger partial charge is 0.249 e. The SMILES string of the molecule is O=C(N[C@H]1CCNC1)C1CC(F)(F)C1. The standard InChI is InChI=1S/C9H14F2N2O/c10-9(11)3-6(4-9)8(14)13-7-1-2-12-5-7/h6-7,12H,1-5H2,(H,13,14)/t7-/m0/s1. The molecular formula is C9H14F2N2O. The Bertz CT molecular complexity index is 231. The van der Waals surface area contributed by atoms with E-state index in [-0.39, 0.29) is 24.8 Å². The third-order valence-electron chi connectivity index (χ3n) is 2.87. The lowest BCUT2D eigenvalue weighted by molar-refractivity contribution is -0.150. The van der Waals surface area contributed by atoms with E-state index in [9.17, 15) is 13.6 Å². The second-order valence-corrected chi connectivity index (χ2v) is 4.16. The van der Waals surface area contributed by atoms with Crippen LogP contribution in [0.2, 0.25) is 0 Å². The molecule has 5 heteroatoms. The van der Waals surface area contributed by atoms with E-state index in [1.54, 1.807) is 0 Å². The highest BCUT2D eigenvalue weighted by Crippen LogP contribution is 2.42. The van der Waals surface area contributed by atoms with E-state index in [0.29, 0.717) is 0 Å². The normalized spacial score (nSPS) is 31.1. The van der Waals surface area contributed by atoms with Gasteiger partial charge in [-0.3, -0.25) is 4.79 Å². The zero-order valence-electron chi connectivity index (χ0n) is 7.85. The summed E-state index contributed by atoms with van der Waals surface area (Å²) < 4.78 is 24.9. The van der Waals surface area contributed by atoms with Crippen molar-refractivity contribution >= 4 is 5.91 Å². The lowest BCUT2D eigenvalue weighted by Gasteiger charge is -2.34. The summed E-state index contributed by atoms with van der Waals surface area (Å²) in [4.78, 5) is 11.4. The van der Waals surface area contributed by atoms with Gasteiger partial charge in [0.25, 0.3) is 0 Å². The Balaban J connectivity index is 1.74. The van der Waals surface area contributed by atoms with Crippen LogP contribution < -0.4 is 10.6 Å². The molecule has 2 rings (SSSR count). The van der Waals surface area contributed by atoms with Gasteiger partial charge in [-0.1, -0.05) is 0 Å². The number of rotatable bonds is 2. The maximum Gasteiger partial charge on any atom is 0.249 e. The van der Waals surface area contributed by atoms with Crippen LogP contribution in [0, 0.1) is 5.92 Å². The molecule has 1 heterocycles. The van der Waals surface area contributed by atoms with Crippen LogP contribution in [0.25, 0.3) is 0 Å². The molecular weight excluding hydrogens is 190 g/mol. The monoisotopic (exact) mass is 204 g/mol. The zero-order chi connectivity index (χ0) is 10.2. The van der Waals surface area contributed by atoms with Gasteiger partial charge in [0.2, 0.25) is 11.8 Å². The summed E-state index contributed by atoms with van der Waals surface area (Å²) in [7, 11) is 0. The highest BCUT2D eigenvalue weighted by Gasteiger charge is 2.48. The number of hydrogen-bond donors (Lipinski definition) is 2. The molecule has 0 radical (unpaired) electrons. The van der Waals surface area contributed by atoms with Crippen molar-refractivity contribution in [3.8, 4) is 0 Å². The fraction of sp³-hybridized carbons (Fsp3) is 0.889. The molecule has 2 aliphatic rings. The van der Waals surface area contributed by atoms with Crippen molar-refractivity contribution in [2.24, 2.45) is 5.92 Å². The minimum atomic E-state index is -2.60. The highest BCUT2D eigenvalue weighted by molar-refractivity contribution is 5.80. The van der Waals surface area contributed by atoms with Gasteiger partial charge in [-0.05, 0) is 13.0 Å². The Labute approximate surface area is 81.2 Å². The molecule has 0 spiro atoms. The van der Waals surface area contributed by atoms with E-state index in [1.807, 2.05) is 0 Å². The van der Waals surface area contributed by atoms with Gasteiger partial charge in [-0.25, -0.2) is 8.78 Å². The van der Waals surface area contributed by atoms with E-state index in [0.717, 1.165) is 19.5 Å². The molecule has 0 unspecified atom stereocenters. The van der Waals surface area contributed by atoms with Crippen LogP contribution in [0.15, 0.2) is 0 Å². The summed E-state index contributed by atoms with van der Waals surface area (Å²) in [6.45, 7) is 1.65. The Morgan fingerprint density at radius 1 is 1.43 bits per heavy atom. The number of carbonyl (C=O) groups excluding carboxylic acids is 1. The third-order valence-corrected chi connectivity index (χ3v) is 2.87. The predicted octanol–water partition coefficient (Wildman–Crippen LogP) is 0.510. The van der Waals surface area contributed by atoms with E-state index < -0.39 is 11.8 Å². The summed E-state index contributed by atoms with van der Waals surface area (Å²) in [5.74, 6) is -3.27. The van der Waals surface area contributed by atoms with Crippen LogP contribution in [-0.4, -0.2) is 31.0 Å². The van der Waals surface area contributed by atoms with Crippen LogP contribution in [0.3, 0.4) is 0 Å². The third kappa shape index (κ3) is 2.03. The average molecular weight is 204 g/mol. The molecule has 2 N–H and O–H groups in total. The van der Waals surface area contributed by atoms with Gasteiger partial charge in [0, 0.05) is 31.3 Å². The summed E-state index contributed by atoms with van der Waals surface area (Å²) in [6.07, 6.45) is 0.340. The first kappa shape index (κ1) is 9.83. The molecule has 0 aromatic carbocycles. The van der Waals surface area contributed by atoms with Gasteiger partial charge in [0.1, 0.15) is 0 Å². The van der Waals surface area contributed by atoms with Gasteiger partial charge < -0.3 is 10.6 Å². The van der Waals surface area contributed by atoms with Crippen molar-refractivity contribution in [2.45, 2.75) is 31.2 Å². The number of amides is 1. The molecule has 1 amide bonds. The molecule has 1 saturated carbocycles. The number of nitrogens with one attached hydrogen (secondary N) is 2. The second kappa shape index (κ2) is 3.46. The van der Waals surface area contributed by atoms with Crippen molar-refractivity contribution in [1.82, 2.24) is 10.6 Å². The Morgan fingerprint density at radius 3 is 2.64 bits per heavy atom. The number of halogens is 2. The molecule has 3 nitrogen and oxygen atoms in total. The summed E-state index contributed by atoms with van der Waals surface area (Å²) >= 11 is 0. The van der Waals surface area contributed by atoms with Gasteiger partial charge >= 0.3 is 0 Å². The predicted molar refractivity (Wildman–Crippen MR) is 47.1 cm³/mol. The molecule has 1 saturated heterocycles. The van der Waals surface area contributed by atoms with Crippen LogP contribution in [0.1, 0.15) is 19.3 Å². The molecule has 2 fully saturated rings. The first-order chi connectivity index (χ1) is 6.57. The van der Waals surface area contributed by atoms with E-state index in [2.05, 4.69) is 10.6 Å². The quantitative estimate of drug-likeness (QED) is 0.688. The molecule has 1 atom stereocenters. The van der Waals surface area contributed by atoms with Gasteiger partial charge in [0.15, 0.2) is 0 Å². The van der Waals surface area contributed by atoms with Gasteiger partial charge in [0.05, 0.1) is 0 Å². The van der Waals surface area contributed by atoms with Crippen molar-refractivity contribution in [2.75, 3.05) is 13.1 Å². The lowest BCUT2D eigenvalue weighted by Crippen LogP contribution is -2.48. The number of alkyl halides is 2. The zero-order valence-corrected chi connectivity index (χ0v) is 7.85. The van der Waals surface area contributed by atoms with Crippen molar-refractivity contribution < 1.29 is 13.6 Å². The van der Waals surface area contributed by atoms with Crippen molar-refractivity contribution in [1.29, 1.82) is 0 Å². The topological polar surface area (TPSA) is 41.1 Å². The minimum absolute atomic E-state index is 0.136. The molecule has 0 aromatic heterocycles. The van der Waals surface area contributed by atoms with E-state index in [4.69, 9.17) is 0 Å². The van der Waals surface area contributed by atoms with Crippen molar-refractivity contribution in [3.05, 3.63) is 0 Å². The number of hydrogen-bond acceptors (Lipinski definition) is 2. The lowest BCUT2D eigenvalue weighted by atomic mass is 9.80. The fourth-order valence-corrected chi connectivity index (χ4v) is 1.94. The molecule has 0 aromatic rings. The Kier molecular flexibility index (Phi) is 2.43. The molecule has 14 heavy (non-hydrogen) atoms. The maximum atomic E-state index is 12.5. The van der Waals surface area contributed by atoms with Crippen molar-refractivity contribution in [3.63, 3.8) is 0 Å². The van der Waals surface area contributed by atoms with Crippen LogP contribution in [0.5, 0.6) is 0 Å². The largest absolute Gasteiger partial charge is 0.352 e. The van der Waals surface area contributed by atoms with Gasteiger partial charge in [-0.15, -0.1) is 0 Å². The van der Waals surface area contributed by atoms with E-state index in [1.165, 1.54) is 0 Å². The summed E-state index contributed by atoms with van der Waals surface area (Å²) in [5.41, 5.74) is 0. The Hall–Kier alpha value is -0.710. The van der Waals surface area contributed by atoms with Crippen LogP contribution >= 0.6 is 0 Å². The molecule has 0 bridgehead atoms. The van der Waals surface area contributed by atoms with Gasteiger partial charge in [-0.2, -0.15) is 0 Å². The van der Waals surface area contributed by atoms with Crippen LogP contribution in [-0.2, 0) is 4.79 Å². The summed E-state index contributed by atoms with van der Waals surface area (Å²) in [5, 5.41) is 5.89. The molecule has 1 aliphatic heterocycles. The Morgan fingerprint density at radius 2 is 2.14 bits per heavy atom. The molecule has 1 aliphatic carbocycles. The van der Waals surface area contributed by atoms with Crippen LogP contribution in [0.4, 0.5) is 8.78 Å². The van der Waals surface area contributed by atoms with E-state index >= 15 is 0 Å². The second-order valence-electron chi connectivity index (χ2n) is 4.16. The first-order valence-corrected chi connectivity index (χ1v) is 4.96. The number of carbonyl (C=O) groups is 1. The highest BCUT2D eigenvalue weighted by atomic mass is 19.3. The fourth-order valence-electron chi connectivity index (χ4n) is 1.94. The maximum absolute atomic E-state index is 12.5. The first-order valence-electron chi connectivity index (χ1n) is 4.96. The summed E-state index contributed by atoms with van der Waals surface area (Å²) in [6, 6.07) is 0.136. The molecule has 80 valence electrons. The minimum Gasteiger partial charge on any atom is -0.352 e.